The van der Waals surface area contributed by atoms with Gasteiger partial charge >= 0.3 is 0 Å². The number of anilines is 1. The number of aromatic nitrogens is 2. The van der Waals surface area contributed by atoms with Gasteiger partial charge in [-0.1, -0.05) is 54.6 Å². The summed E-state index contributed by atoms with van der Waals surface area (Å²) < 4.78 is 18.8. The van der Waals surface area contributed by atoms with Crippen molar-refractivity contribution >= 4 is 11.7 Å². The Morgan fingerprint density at radius 2 is 1.67 bits per heavy atom. The Morgan fingerprint density at radius 1 is 0.939 bits per heavy atom. The second-order valence-electron chi connectivity index (χ2n) is 7.83. The van der Waals surface area contributed by atoms with Gasteiger partial charge in [-0.15, -0.1) is 0 Å². The first kappa shape index (κ1) is 20.6. The Morgan fingerprint density at radius 3 is 2.39 bits per heavy atom. The molecule has 2 N–H and O–H groups in total. The van der Waals surface area contributed by atoms with E-state index in [0.29, 0.717) is 23.7 Å². The molecule has 5 rings (SSSR count). The minimum absolute atomic E-state index is 0.151. The maximum Gasteiger partial charge on any atom is 0.257 e. The molecule has 3 aromatic carbocycles. The first-order valence-corrected chi connectivity index (χ1v) is 10.5. The van der Waals surface area contributed by atoms with Gasteiger partial charge in [-0.05, 0) is 35.4 Å². The molecule has 0 spiro atoms. The number of carbonyl (C=O) groups excluding carboxylic acids is 1. The van der Waals surface area contributed by atoms with Crippen LogP contribution in [0, 0.1) is 5.82 Å². The number of hydrogen-bond acceptors (Lipinski definition) is 4. The van der Waals surface area contributed by atoms with Gasteiger partial charge in [0.2, 0.25) is 5.91 Å². The highest BCUT2D eigenvalue weighted by Crippen LogP contribution is 2.35. The van der Waals surface area contributed by atoms with E-state index in [9.17, 15) is 14.0 Å². The zero-order valence-corrected chi connectivity index (χ0v) is 17.5. The van der Waals surface area contributed by atoms with Crippen LogP contribution in [0.4, 0.5) is 10.2 Å². The summed E-state index contributed by atoms with van der Waals surface area (Å²) >= 11 is 0. The van der Waals surface area contributed by atoms with Crippen LogP contribution < -0.4 is 15.6 Å². The highest BCUT2D eigenvalue weighted by atomic mass is 19.1. The number of benzene rings is 3. The summed E-state index contributed by atoms with van der Waals surface area (Å²) in [4.78, 5) is 32.8. The van der Waals surface area contributed by atoms with Gasteiger partial charge in [-0.3, -0.25) is 9.59 Å². The van der Waals surface area contributed by atoms with E-state index in [2.05, 4.69) is 15.3 Å². The molecule has 1 aliphatic rings. The maximum atomic E-state index is 13.0. The lowest BCUT2D eigenvalue weighted by molar-refractivity contribution is -0.116. The van der Waals surface area contributed by atoms with Crippen LogP contribution in [-0.4, -0.2) is 15.9 Å². The zero-order chi connectivity index (χ0) is 22.8. The average Bonchev–Trinajstić information content (AvgIpc) is 2.84. The summed E-state index contributed by atoms with van der Waals surface area (Å²) in [5, 5.41) is 2.74. The predicted octanol–water partition coefficient (Wildman–Crippen LogP) is 4.63. The Hall–Kier alpha value is -4.26. The SMILES string of the molecule is O=C1CC(c2ccc(OCc3ccc(F)cc3)cc2)c2c(nc(-c3ccccc3)[nH]c2=O)N1. The Labute approximate surface area is 189 Å². The first-order chi connectivity index (χ1) is 16.1. The first-order valence-electron chi connectivity index (χ1n) is 10.5. The van der Waals surface area contributed by atoms with E-state index in [4.69, 9.17) is 4.74 Å². The fraction of sp³-hybridized carbons (Fsp3) is 0.115. The fourth-order valence-electron chi connectivity index (χ4n) is 3.93. The standard InChI is InChI=1S/C26H20FN3O3/c27-19-10-6-16(7-11-19)15-33-20-12-8-17(9-13-20)21-14-22(31)28-25-23(21)26(32)30-24(29-25)18-4-2-1-3-5-18/h1-13,21H,14-15H2,(H2,28,29,30,31,32). The molecule has 33 heavy (non-hydrogen) atoms. The van der Waals surface area contributed by atoms with E-state index in [0.717, 1.165) is 16.7 Å². The van der Waals surface area contributed by atoms with Crippen LogP contribution >= 0.6 is 0 Å². The van der Waals surface area contributed by atoms with Gasteiger partial charge in [0.05, 0.1) is 5.56 Å². The number of aromatic amines is 1. The van der Waals surface area contributed by atoms with E-state index < -0.39 is 5.92 Å². The van der Waals surface area contributed by atoms with E-state index in [-0.39, 0.29) is 29.5 Å². The molecule has 0 radical (unpaired) electrons. The summed E-state index contributed by atoms with van der Waals surface area (Å²) in [5.41, 5.74) is 2.59. The van der Waals surface area contributed by atoms with Crippen molar-refractivity contribution in [2.24, 2.45) is 0 Å². The quantitative estimate of drug-likeness (QED) is 0.473. The van der Waals surface area contributed by atoms with Crippen LogP contribution in [0.1, 0.15) is 29.0 Å². The molecule has 2 heterocycles. The molecular formula is C26H20FN3O3. The molecule has 1 unspecified atom stereocenters. The zero-order valence-electron chi connectivity index (χ0n) is 17.5. The molecule has 7 heteroatoms. The number of nitrogens with one attached hydrogen (secondary N) is 2. The van der Waals surface area contributed by atoms with Crippen LogP contribution in [-0.2, 0) is 11.4 Å². The number of fused-ring (bicyclic) bond motifs is 1. The van der Waals surface area contributed by atoms with E-state index in [1.165, 1.54) is 12.1 Å². The van der Waals surface area contributed by atoms with Crippen molar-refractivity contribution in [3.05, 3.63) is 112 Å². The van der Waals surface area contributed by atoms with Crippen molar-refractivity contribution in [1.29, 1.82) is 0 Å². The lowest BCUT2D eigenvalue weighted by Crippen LogP contribution is -2.31. The molecule has 4 aromatic rings. The topological polar surface area (TPSA) is 84.1 Å². The van der Waals surface area contributed by atoms with Crippen LogP contribution in [0.2, 0.25) is 0 Å². The fourth-order valence-corrected chi connectivity index (χ4v) is 3.93. The minimum atomic E-state index is -0.416. The monoisotopic (exact) mass is 441 g/mol. The van der Waals surface area contributed by atoms with Gasteiger partial charge in [-0.25, -0.2) is 9.37 Å². The number of carbonyl (C=O) groups is 1. The molecule has 164 valence electrons. The van der Waals surface area contributed by atoms with Gasteiger partial charge in [0, 0.05) is 17.9 Å². The smallest absolute Gasteiger partial charge is 0.257 e. The molecule has 1 atom stereocenters. The molecule has 0 aliphatic carbocycles. The van der Waals surface area contributed by atoms with E-state index in [1.54, 1.807) is 24.3 Å². The Kier molecular flexibility index (Phi) is 5.44. The largest absolute Gasteiger partial charge is 0.489 e. The maximum absolute atomic E-state index is 13.0. The second kappa shape index (κ2) is 8.70. The third-order valence-corrected chi connectivity index (χ3v) is 5.60. The number of hydrogen-bond donors (Lipinski definition) is 2. The summed E-state index contributed by atoms with van der Waals surface area (Å²) in [6.45, 7) is 0.306. The van der Waals surface area contributed by atoms with Gasteiger partial charge < -0.3 is 15.0 Å². The minimum Gasteiger partial charge on any atom is -0.489 e. The van der Waals surface area contributed by atoms with Crippen LogP contribution in [0.15, 0.2) is 83.7 Å². The van der Waals surface area contributed by atoms with Crippen LogP contribution in [0.3, 0.4) is 0 Å². The van der Waals surface area contributed by atoms with Crippen LogP contribution in [0.25, 0.3) is 11.4 Å². The lowest BCUT2D eigenvalue weighted by atomic mass is 9.87. The van der Waals surface area contributed by atoms with Crippen molar-refractivity contribution in [3.8, 4) is 17.1 Å². The van der Waals surface area contributed by atoms with Gasteiger partial charge in [-0.2, -0.15) is 0 Å². The lowest BCUT2D eigenvalue weighted by Gasteiger charge is -2.24. The van der Waals surface area contributed by atoms with Crippen molar-refractivity contribution in [1.82, 2.24) is 9.97 Å². The second-order valence-corrected chi connectivity index (χ2v) is 7.83. The van der Waals surface area contributed by atoms with Crippen molar-refractivity contribution in [2.75, 3.05) is 5.32 Å². The summed E-state index contributed by atoms with van der Waals surface area (Å²) in [5.74, 6) is 0.429. The normalized spacial score (nSPS) is 14.9. The molecule has 1 aromatic heterocycles. The summed E-state index contributed by atoms with van der Waals surface area (Å²) in [6.07, 6.45) is 0.151. The van der Waals surface area contributed by atoms with Gasteiger partial charge in [0.1, 0.15) is 29.8 Å². The van der Waals surface area contributed by atoms with E-state index in [1.807, 2.05) is 42.5 Å². The number of rotatable bonds is 5. The number of nitrogens with zero attached hydrogens (tertiary/aromatic N) is 1. The molecule has 6 nitrogen and oxygen atoms in total. The molecule has 0 saturated heterocycles. The number of amides is 1. The summed E-state index contributed by atoms with van der Waals surface area (Å²) in [6, 6.07) is 22.7. The average molecular weight is 441 g/mol. The van der Waals surface area contributed by atoms with E-state index >= 15 is 0 Å². The molecule has 1 aliphatic heterocycles. The Balaban J connectivity index is 1.40. The molecular weight excluding hydrogens is 421 g/mol. The third kappa shape index (κ3) is 4.39. The highest BCUT2D eigenvalue weighted by Gasteiger charge is 2.31. The van der Waals surface area contributed by atoms with Crippen molar-refractivity contribution in [2.45, 2.75) is 18.9 Å². The number of halogens is 1. The van der Waals surface area contributed by atoms with Crippen molar-refractivity contribution in [3.63, 3.8) is 0 Å². The molecule has 1 amide bonds. The van der Waals surface area contributed by atoms with Crippen molar-refractivity contribution < 1.29 is 13.9 Å². The third-order valence-electron chi connectivity index (χ3n) is 5.60. The Bertz CT molecular complexity index is 1350. The number of H-pyrrole nitrogens is 1. The van der Waals surface area contributed by atoms with Gasteiger partial charge in [0.25, 0.3) is 5.56 Å². The molecule has 0 saturated carbocycles. The van der Waals surface area contributed by atoms with Crippen LogP contribution in [0.5, 0.6) is 5.75 Å². The highest BCUT2D eigenvalue weighted by molar-refractivity contribution is 5.94. The predicted molar refractivity (Wildman–Crippen MR) is 123 cm³/mol. The number of ether oxygens (including phenoxy) is 1. The molecule has 0 fully saturated rings. The molecule has 0 bridgehead atoms. The summed E-state index contributed by atoms with van der Waals surface area (Å²) in [7, 11) is 0. The van der Waals surface area contributed by atoms with Gasteiger partial charge in [0.15, 0.2) is 0 Å².